The topological polar surface area (TPSA) is 49.6 Å². The molecule has 0 spiro atoms. The normalized spacial score (nSPS) is 24.8. The number of carbonyl (C=O) groups is 1. The molecule has 7 rings (SSSR count). The minimum Gasteiger partial charge on any atom is -0.338 e. The van der Waals surface area contributed by atoms with E-state index >= 15 is 0 Å². The van der Waals surface area contributed by atoms with Crippen LogP contribution in [0.4, 0.5) is 0 Å². The molecule has 4 nitrogen and oxygen atoms in total. The molecule has 4 heteroatoms. The molecule has 0 saturated carbocycles. The highest BCUT2D eigenvalue weighted by atomic mass is 16.2. The fraction of sp³-hybridized carbons (Fsp3) is 0.567. The van der Waals surface area contributed by atoms with Crippen LogP contribution in [0.25, 0.3) is 0 Å². The van der Waals surface area contributed by atoms with Gasteiger partial charge in [0.1, 0.15) is 0 Å². The molecule has 0 radical (unpaired) electrons. The molecule has 2 aromatic carbocycles. The average Bonchev–Trinajstić information content (AvgIpc) is 3.41. The summed E-state index contributed by atoms with van der Waals surface area (Å²) in [6, 6.07) is 14.7. The number of fused-ring (bicyclic) bond motifs is 7. The summed E-state index contributed by atoms with van der Waals surface area (Å²) < 4.78 is 0. The Kier molecular flexibility index (Phi) is 10.3. The molecule has 4 atom stereocenters. The van der Waals surface area contributed by atoms with Gasteiger partial charge < -0.3 is 10.6 Å². The number of hydrogen-bond donors (Lipinski definition) is 1. The molecule has 2 fully saturated rings. The summed E-state index contributed by atoms with van der Waals surface area (Å²) >= 11 is 0. The van der Waals surface area contributed by atoms with Gasteiger partial charge in [-0.05, 0) is 87.0 Å². The van der Waals surface area contributed by atoms with Crippen LogP contribution < -0.4 is 5.73 Å². The van der Waals surface area contributed by atoms with E-state index in [4.69, 9.17) is 0 Å². The molecule has 2 N–H and O–H groups in total. The number of benzene rings is 2. The molecule has 0 aromatic heterocycles. The molecular formula is C30H47N3O. The molecule has 4 aliphatic heterocycles. The first-order valence-electron chi connectivity index (χ1n) is 13.2. The Balaban J connectivity index is 0.000000198. The Morgan fingerprint density at radius 3 is 1.65 bits per heavy atom. The number of nitrogens with two attached hydrogens (primary N) is 1. The van der Waals surface area contributed by atoms with Crippen LogP contribution >= 0.6 is 0 Å². The molecule has 188 valence electrons. The lowest BCUT2D eigenvalue weighted by molar-refractivity contribution is -0.138. The molecule has 1 amide bonds. The maximum absolute atomic E-state index is 11.9. The second kappa shape index (κ2) is 12.5. The van der Waals surface area contributed by atoms with Crippen molar-refractivity contribution in [2.45, 2.75) is 91.3 Å². The van der Waals surface area contributed by atoms with Crippen LogP contribution in [0, 0.1) is 13.8 Å². The third-order valence-corrected chi connectivity index (χ3v) is 7.66. The van der Waals surface area contributed by atoms with Gasteiger partial charge in [-0.2, -0.15) is 0 Å². The Morgan fingerprint density at radius 2 is 1.15 bits per heavy atom. The van der Waals surface area contributed by atoms with Crippen LogP contribution in [0.1, 0.15) is 111 Å². The largest absolute Gasteiger partial charge is 0.338 e. The van der Waals surface area contributed by atoms with E-state index < -0.39 is 0 Å². The van der Waals surface area contributed by atoms with Crippen LogP contribution in [0.3, 0.4) is 0 Å². The maximum atomic E-state index is 11.9. The number of carbonyl (C=O) groups excluding carboxylic acids is 1. The fourth-order valence-electron chi connectivity index (χ4n) is 6.20. The van der Waals surface area contributed by atoms with Crippen LogP contribution in [0.15, 0.2) is 36.4 Å². The highest BCUT2D eigenvalue weighted by Gasteiger charge is 2.43. The van der Waals surface area contributed by atoms with E-state index in [-0.39, 0.29) is 5.92 Å². The maximum Gasteiger partial charge on any atom is 0.230 e. The van der Waals surface area contributed by atoms with E-state index in [2.05, 4.69) is 61.9 Å². The van der Waals surface area contributed by atoms with E-state index in [0.29, 0.717) is 11.9 Å². The van der Waals surface area contributed by atoms with Crippen molar-refractivity contribution < 1.29 is 4.79 Å². The standard InChI is InChI=1S/C13H17N.C12H13NO.2C2H6.CH5N/c1-8-4-5-9(2)13-11-7-6-10(12(8)13)14(11)3;1-13-11-7-6-10(12(13)14)8-4-2-3-5-9(8)11;3*1-2/h4-5,10-11H,6-7H2,1-3H3;2-5,10-11H,6-7H2,1H3;2*1-2H3;2H2,1H3. The van der Waals surface area contributed by atoms with Gasteiger partial charge in [-0.25, -0.2) is 0 Å². The predicted molar refractivity (Wildman–Crippen MR) is 145 cm³/mol. The Hall–Kier alpha value is -2.17. The fourth-order valence-corrected chi connectivity index (χ4v) is 6.20. The molecule has 2 aromatic rings. The first-order chi connectivity index (χ1) is 16.5. The summed E-state index contributed by atoms with van der Waals surface area (Å²) in [6.45, 7) is 12.5. The van der Waals surface area contributed by atoms with Crippen LogP contribution in [0.5, 0.6) is 0 Å². The molecular weight excluding hydrogens is 418 g/mol. The quantitative estimate of drug-likeness (QED) is 0.464. The number of nitrogens with zero attached hydrogens (tertiary/aromatic N) is 2. The van der Waals surface area contributed by atoms with Gasteiger partial charge in [-0.15, -0.1) is 0 Å². The van der Waals surface area contributed by atoms with Gasteiger partial charge in [-0.3, -0.25) is 9.69 Å². The van der Waals surface area contributed by atoms with E-state index in [1.807, 2.05) is 45.7 Å². The second-order valence-electron chi connectivity index (χ2n) is 9.02. The second-order valence-corrected chi connectivity index (χ2v) is 9.02. The molecule has 4 heterocycles. The molecule has 4 bridgehead atoms. The minimum atomic E-state index is 0.140. The third kappa shape index (κ3) is 4.81. The Labute approximate surface area is 208 Å². The lowest BCUT2D eigenvalue weighted by atomic mass is 9.75. The lowest BCUT2D eigenvalue weighted by Crippen LogP contribution is -2.44. The summed E-state index contributed by atoms with van der Waals surface area (Å²) in [7, 11) is 5.70. The van der Waals surface area contributed by atoms with E-state index in [1.54, 1.807) is 11.1 Å². The zero-order valence-corrected chi connectivity index (χ0v) is 23.0. The highest BCUT2D eigenvalue weighted by molar-refractivity contribution is 5.87. The van der Waals surface area contributed by atoms with Gasteiger partial charge in [0.15, 0.2) is 0 Å². The molecule has 1 aliphatic carbocycles. The monoisotopic (exact) mass is 465 g/mol. The minimum absolute atomic E-state index is 0.140. The number of piperidine rings is 1. The van der Waals surface area contributed by atoms with E-state index in [9.17, 15) is 4.79 Å². The SMILES string of the molecule is CC.CC.CN.CN1C(=O)C2CCC1c1ccccc12.Cc1ccc(C)c2c1C1CCC2N1C. The Bertz CT molecular complexity index is 917. The number of amides is 1. The van der Waals surface area contributed by atoms with Crippen molar-refractivity contribution in [3.05, 3.63) is 69.8 Å². The van der Waals surface area contributed by atoms with Crippen LogP contribution in [-0.2, 0) is 4.79 Å². The number of likely N-dealkylation sites (N-methyl/N-ethyl adjacent to an activating group) is 1. The van der Waals surface area contributed by atoms with Crippen LogP contribution in [0.2, 0.25) is 0 Å². The summed E-state index contributed by atoms with van der Waals surface area (Å²) in [6.07, 6.45) is 4.88. The average molecular weight is 466 g/mol. The summed E-state index contributed by atoms with van der Waals surface area (Å²) in [4.78, 5) is 16.3. The van der Waals surface area contributed by atoms with Crippen molar-refractivity contribution in [3.8, 4) is 0 Å². The van der Waals surface area contributed by atoms with Crippen molar-refractivity contribution in [2.75, 3.05) is 21.1 Å². The predicted octanol–water partition coefficient (Wildman–Crippen LogP) is 6.83. The molecule has 34 heavy (non-hydrogen) atoms. The first kappa shape index (κ1) is 28.1. The summed E-state index contributed by atoms with van der Waals surface area (Å²) in [5.41, 5.74) is 13.4. The third-order valence-electron chi connectivity index (χ3n) is 7.66. The van der Waals surface area contributed by atoms with Crippen molar-refractivity contribution >= 4 is 5.91 Å². The van der Waals surface area contributed by atoms with Crippen molar-refractivity contribution in [3.63, 3.8) is 0 Å². The van der Waals surface area contributed by atoms with Gasteiger partial charge in [-0.1, -0.05) is 64.1 Å². The zero-order chi connectivity index (χ0) is 25.6. The van der Waals surface area contributed by atoms with E-state index in [0.717, 1.165) is 24.9 Å². The van der Waals surface area contributed by atoms with Crippen molar-refractivity contribution in [1.29, 1.82) is 0 Å². The van der Waals surface area contributed by atoms with Gasteiger partial charge in [0.25, 0.3) is 0 Å². The smallest absolute Gasteiger partial charge is 0.230 e. The summed E-state index contributed by atoms with van der Waals surface area (Å²) in [5.74, 6) is 0.446. The van der Waals surface area contributed by atoms with Gasteiger partial charge >= 0.3 is 0 Å². The van der Waals surface area contributed by atoms with Crippen LogP contribution in [-0.4, -0.2) is 36.9 Å². The lowest BCUT2D eigenvalue weighted by Gasteiger charge is -2.44. The van der Waals surface area contributed by atoms with E-state index in [1.165, 1.54) is 42.1 Å². The van der Waals surface area contributed by atoms with Gasteiger partial charge in [0.2, 0.25) is 5.91 Å². The van der Waals surface area contributed by atoms with Crippen molar-refractivity contribution in [1.82, 2.24) is 9.80 Å². The Morgan fingerprint density at radius 1 is 0.706 bits per heavy atom. The highest BCUT2D eigenvalue weighted by Crippen LogP contribution is 2.53. The first-order valence-corrected chi connectivity index (χ1v) is 13.2. The summed E-state index contributed by atoms with van der Waals surface area (Å²) in [5, 5.41) is 0. The number of rotatable bonds is 0. The molecule has 4 unspecified atom stereocenters. The van der Waals surface area contributed by atoms with Gasteiger partial charge in [0.05, 0.1) is 12.0 Å². The number of hydrogen-bond acceptors (Lipinski definition) is 3. The van der Waals surface area contributed by atoms with Crippen molar-refractivity contribution in [2.24, 2.45) is 5.73 Å². The molecule has 5 aliphatic rings. The number of aryl methyl sites for hydroxylation is 2. The molecule has 2 saturated heterocycles. The zero-order valence-electron chi connectivity index (χ0n) is 23.0. The van der Waals surface area contributed by atoms with Gasteiger partial charge in [0, 0.05) is 19.1 Å².